The number of hydrogen-bond donors (Lipinski definition) is 2. The zero-order valence-corrected chi connectivity index (χ0v) is 13.1. The SMILES string of the molecule is Fc1ccc(NC2CCCCC2C2CCCCN2)c(Cl)c1. The molecule has 1 aromatic carbocycles. The van der Waals surface area contributed by atoms with Gasteiger partial charge < -0.3 is 10.6 Å². The maximum atomic E-state index is 13.2. The van der Waals surface area contributed by atoms with Gasteiger partial charge in [-0.25, -0.2) is 4.39 Å². The number of halogens is 2. The van der Waals surface area contributed by atoms with E-state index in [2.05, 4.69) is 10.6 Å². The van der Waals surface area contributed by atoms with Gasteiger partial charge in [0.2, 0.25) is 0 Å². The molecule has 0 amide bonds. The van der Waals surface area contributed by atoms with Crippen LogP contribution in [0.4, 0.5) is 10.1 Å². The Bertz CT molecular complexity index is 474. The number of piperidine rings is 1. The Morgan fingerprint density at radius 3 is 2.67 bits per heavy atom. The molecule has 4 heteroatoms. The molecular weight excluding hydrogens is 287 g/mol. The Morgan fingerprint density at radius 1 is 1.10 bits per heavy atom. The summed E-state index contributed by atoms with van der Waals surface area (Å²) in [6.07, 6.45) is 8.94. The van der Waals surface area contributed by atoms with Gasteiger partial charge in [0.15, 0.2) is 0 Å². The Hall–Kier alpha value is -0.800. The van der Waals surface area contributed by atoms with E-state index in [4.69, 9.17) is 11.6 Å². The van der Waals surface area contributed by atoms with Crippen LogP contribution in [0.2, 0.25) is 5.02 Å². The van der Waals surface area contributed by atoms with Crippen LogP contribution in [0.25, 0.3) is 0 Å². The first-order chi connectivity index (χ1) is 10.2. The van der Waals surface area contributed by atoms with Gasteiger partial charge in [0, 0.05) is 12.1 Å². The summed E-state index contributed by atoms with van der Waals surface area (Å²) < 4.78 is 13.2. The molecule has 3 rings (SSSR count). The lowest BCUT2D eigenvalue weighted by atomic mass is 9.77. The van der Waals surface area contributed by atoms with Crippen LogP contribution in [-0.2, 0) is 0 Å². The van der Waals surface area contributed by atoms with Gasteiger partial charge in [0.25, 0.3) is 0 Å². The van der Waals surface area contributed by atoms with E-state index >= 15 is 0 Å². The number of anilines is 1. The van der Waals surface area contributed by atoms with Crippen molar-refractivity contribution in [3.8, 4) is 0 Å². The van der Waals surface area contributed by atoms with Crippen LogP contribution >= 0.6 is 11.6 Å². The van der Waals surface area contributed by atoms with Crippen LogP contribution in [-0.4, -0.2) is 18.6 Å². The first kappa shape index (κ1) is 15.1. The zero-order valence-electron chi connectivity index (χ0n) is 12.4. The number of benzene rings is 1. The molecule has 21 heavy (non-hydrogen) atoms. The second-order valence-corrected chi connectivity index (χ2v) is 6.79. The summed E-state index contributed by atoms with van der Waals surface area (Å²) in [7, 11) is 0. The van der Waals surface area contributed by atoms with E-state index < -0.39 is 0 Å². The Labute approximate surface area is 131 Å². The van der Waals surface area contributed by atoms with Gasteiger partial charge in [0.05, 0.1) is 10.7 Å². The normalized spacial score (nSPS) is 30.1. The minimum absolute atomic E-state index is 0.278. The van der Waals surface area contributed by atoms with Crippen molar-refractivity contribution < 1.29 is 4.39 Å². The second kappa shape index (κ2) is 6.97. The fraction of sp³-hybridized carbons (Fsp3) is 0.647. The van der Waals surface area contributed by atoms with E-state index in [-0.39, 0.29) is 5.82 Å². The third kappa shape index (κ3) is 3.70. The van der Waals surface area contributed by atoms with Gasteiger partial charge >= 0.3 is 0 Å². The average Bonchev–Trinajstić information content (AvgIpc) is 2.51. The molecule has 0 radical (unpaired) electrons. The van der Waals surface area contributed by atoms with Crippen LogP contribution in [0.5, 0.6) is 0 Å². The minimum atomic E-state index is -0.278. The molecule has 1 saturated carbocycles. The predicted octanol–water partition coefficient (Wildman–Crippen LogP) is 4.59. The van der Waals surface area contributed by atoms with Crippen LogP contribution in [0.3, 0.4) is 0 Å². The summed E-state index contributed by atoms with van der Waals surface area (Å²) in [5.41, 5.74) is 0.866. The van der Waals surface area contributed by atoms with Crippen LogP contribution < -0.4 is 10.6 Å². The predicted molar refractivity (Wildman–Crippen MR) is 86.4 cm³/mol. The topological polar surface area (TPSA) is 24.1 Å². The smallest absolute Gasteiger partial charge is 0.124 e. The molecule has 0 spiro atoms. The molecule has 3 unspecified atom stereocenters. The molecule has 1 heterocycles. The quantitative estimate of drug-likeness (QED) is 0.853. The molecule has 0 aromatic heterocycles. The summed E-state index contributed by atoms with van der Waals surface area (Å²) in [4.78, 5) is 0. The van der Waals surface area contributed by atoms with Crippen molar-refractivity contribution >= 4 is 17.3 Å². The van der Waals surface area contributed by atoms with Gasteiger partial charge in [-0.3, -0.25) is 0 Å². The average molecular weight is 311 g/mol. The molecular formula is C17H24ClFN2. The number of rotatable bonds is 3. The molecule has 1 saturated heterocycles. The summed E-state index contributed by atoms with van der Waals surface area (Å²) >= 11 is 6.16. The van der Waals surface area contributed by atoms with E-state index in [0.29, 0.717) is 23.0 Å². The van der Waals surface area contributed by atoms with E-state index in [0.717, 1.165) is 12.2 Å². The molecule has 2 aliphatic rings. The van der Waals surface area contributed by atoms with Crippen molar-refractivity contribution in [2.24, 2.45) is 5.92 Å². The fourth-order valence-corrected chi connectivity index (χ4v) is 4.09. The summed E-state index contributed by atoms with van der Waals surface area (Å²) in [6, 6.07) is 5.69. The highest BCUT2D eigenvalue weighted by Crippen LogP contribution is 2.34. The first-order valence-corrected chi connectivity index (χ1v) is 8.57. The minimum Gasteiger partial charge on any atom is -0.381 e. The monoisotopic (exact) mass is 310 g/mol. The summed E-state index contributed by atoms with van der Waals surface area (Å²) in [5, 5.41) is 7.76. The zero-order chi connectivity index (χ0) is 14.7. The molecule has 1 aliphatic carbocycles. The van der Waals surface area contributed by atoms with Crippen molar-refractivity contribution in [3.05, 3.63) is 29.0 Å². The largest absolute Gasteiger partial charge is 0.381 e. The highest BCUT2D eigenvalue weighted by Gasteiger charge is 2.32. The Balaban J connectivity index is 1.71. The third-order valence-corrected chi connectivity index (χ3v) is 5.27. The van der Waals surface area contributed by atoms with E-state index in [1.54, 1.807) is 6.07 Å². The molecule has 2 fully saturated rings. The van der Waals surface area contributed by atoms with Gasteiger partial charge in [-0.1, -0.05) is 30.9 Å². The van der Waals surface area contributed by atoms with Crippen molar-refractivity contribution in [2.75, 3.05) is 11.9 Å². The number of hydrogen-bond acceptors (Lipinski definition) is 2. The van der Waals surface area contributed by atoms with E-state index in [1.807, 2.05) is 0 Å². The van der Waals surface area contributed by atoms with Gasteiger partial charge in [-0.15, -0.1) is 0 Å². The standard InChI is InChI=1S/C17H24ClFN2/c18-14-11-12(19)8-9-17(14)21-16-7-2-1-5-13(16)15-6-3-4-10-20-15/h8-9,11,13,15-16,20-21H,1-7,10H2. The van der Waals surface area contributed by atoms with Gasteiger partial charge in [-0.05, 0) is 56.3 Å². The van der Waals surface area contributed by atoms with Crippen LogP contribution in [0.1, 0.15) is 44.9 Å². The first-order valence-electron chi connectivity index (χ1n) is 8.19. The Kier molecular flexibility index (Phi) is 5.02. The van der Waals surface area contributed by atoms with E-state index in [1.165, 1.54) is 57.1 Å². The molecule has 1 aliphatic heterocycles. The van der Waals surface area contributed by atoms with E-state index in [9.17, 15) is 4.39 Å². The summed E-state index contributed by atoms with van der Waals surface area (Å²) in [5.74, 6) is 0.375. The molecule has 2 N–H and O–H groups in total. The highest BCUT2D eigenvalue weighted by atomic mass is 35.5. The van der Waals surface area contributed by atoms with Crippen molar-refractivity contribution in [1.29, 1.82) is 0 Å². The second-order valence-electron chi connectivity index (χ2n) is 6.38. The highest BCUT2D eigenvalue weighted by molar-refractivity contribution is 6.33. The molecule has 1 aromatic rings. The van der Waals surface area contributed by atoms with Crippen molar-refractivity contribution in [1.82, 2.24) is 5.32 Å². The molecule has 116 valence electrons. The molecule has 2 nitrogen and oxygen atoms in total. The molecule has 0 bridgehead atoms. The number of nitrogens with one attached hydrogen (secondary N) is 2. The fourth-order valence-electron chi connectivity index (χ4n) is 3.87. The van der Waals surface area contributed by atoms with Crippen molar-refractivity contribution in [3.63, 3.8) is 0 Å². The Morgan fingerprint density at radius 2 is 1.90 bits per heavy atom. The maximum Gasteiger partial charge on any atom is 0.124 e. The van der Waals surface area contributed by atoms with Crippen LogP contribution in [0.15, 0.2) is 18.2 Å². The maximum absolute atomic E-state index is 13.2. The third-order valence-electron chi connectivity index (χ3n) is 4.96. The lowest BCUT2D eigenvalue weighted by Gasteiger charge is -2.40. The van der Waals surface area contributed by atoms with Crippen molar-refractivity contribution in [2.45, 2.75) is 57.0 Å². The lowest BCUT2D eigenvalue weighted by molar-refractivity contribution is 0.217. The van der Waals surface area contributed by atoms with Crippen LogP contribution in [0, 0.1) is 11.7 Å². The molecule has 3 atom stereocenters. The van der Waals surface area contributed by atoms with Gasteiger partial charge in [-0.2, -0.15) is 0 Å². The summed E-state index contributed by atoms with van der Waals surface area (Å²) in [6.45, 7) is 1.14. The lowest BCUT2D eigenvalue weighted by Crippen LogP contribution is -2.48. The van der Waals surface area contributed by atoms with Gasteiger partial charge in [0.1, 0.15) is 5.82 Å².